The Hall–Kier alpha value is -1.36. The van der Waals surface area contributed by atoms with Crippen molar-refractivity contribution in [3.8, 4) is 0 Å². The van der Waals surface area contributed by atoms with Crippen molar-refractivity contribution in [2.45, 2.75) is 52.2 Å². The maximum atomic E-state index is 6.17. The fraction of sp³-hybridized carbons (Fsp3) is 0.400. The van der Waals surface area contributed by atoms with Crippen molar-refractivity contribution in [1.82, 2.24) is 0 Å². The maximum absolute atomic E-state index is 6.17. The molecule has 2 nitrogen and oxygen atoms in total. The molecule has 0 bridgehead atoms. The molecule has 0 amide bonds. The van der Waals surface area contributed by atoms with Crippen LogP contribution in [-0.4, -0.2) is 18.3 Å². The second-order valence-electron chi connectivity index (χ2n) is 7.18. The summed E-state index contributed by atoms with van der Waals surface area (Å²) in [4.78, 5) is 0. The van der Waals surface area contributed by atoms with Gasteiger partial charge in [-0.3, -0.25) is 0 Å². The number of hydrogen-bond acceptors (Lipinski definition) is 3. The molecule has 1 fully saturated rings. The van der Waals surface area contributed by atoms with E-state index in [-0.39, 0.29) is 18.3 Å². The minimum absolute atomic E-state index is 0.311. The molecule has 2 aromatic rings. The normalized spacial score (nSPS) is 21.5. The van der Waals surface area contributed by atoms with E-state index < -0.39 is 0 Å². The minimum atomic E-state index is -0.318. The van der Waals surface area contributed by atoms with Crippen LogP contribution < -0.4 is 9.75 Å². The van der Waals surface area contributed by atoms with Gasteiger partial charge in [-0.2, -0.15) is 0 Å². The molecule has 1 aromatic carbocycles. The average Bonchev–Trinajstić information content (AvgIpc) is 2.94. The molecular formula is C20H25BO2S. The highest BCUT2D eigenvalue weighted by Crippen LogP contribution is 2.36. The SMILES string of the molecule is C/C=C\C/C=c1/sc2ccccc2/c1=C\B1OC(C)(C)C(C)(C)O1. The van der Waals surface area contributed by atoms with Crippen LogP contribution in [0.5, 0.6) is 0 Å². The van der Waals surface area contributed by atoms with Crippen LogP contribution in [0.15, 0.2) is 36.4 Å². The summed E-state index contributed by atoms with van der Waals surface area (Å²) in [5.41, 5.74) is -0.621. The maximum Gasteiger partial charge on any atom is 0.487 e. The van der Waals surface area contributed by atoms with Gasteiger partial charge in [-0.15, -0.1) is 11.3 Å². The van der Waals surface area contributed by atoms with Crippen LogP contribution in [0.3, 0.4) is 0 Å². The highest BCUT2D eigenvalue weighted by Gasteiger charge is 2.50. The van der Waals surface area contributed by atoms with E-state index in [4.69, 9.17) is 9.31 Å². The van der Waals surface area contributed by atoms with Crippen LogP contribution in [0.25, 0.3) is 22.1 Å². The Bertz CT molecular complexity index is 861. The lowest BCUT2D eigenvalue weighted by Gasteiger charge is -2.32. The minimum Gasteiger partial charge on any atom is -0.400 e. The van der Waals surface area contributed by atoms with Gasteiger partial charge in [0.05, 0.1) is 11.2 Å². The van der Waals surface area contributed by atoms with Crippen molar-refractivity contribution in [3.63, 3.8) is 0 Å². The third kappa shape index (κ3) is 3.23. The van der Waals surface area contributed by atoms with Gasteiger partial charge in [0, 0.05) is 9.23 Å². The fourth-order valence-electron chi connectivity index (χ4n) is 2.81. The fourth-order valence-corrected chi connectivity index (χ4v) is 3.95. The largest absolute Gasteiger partial charge is 0.487 e. The Morgan fingerprint density at radius 2 is 1.75 bits per heavy atom. The van der Waals surface area contributed by atoms with E-state index in [0.717, 1.165) is 6.42 Å². The van der Waals surface area contributed by atoms with Gasteiger partial charge < -0.3 is 9.31 Å². The number of rotatable bonds is 3. The predicted octanol–water partition coefficient (Wildman–Crippen LogP) is 4.06. The summed E-state index contributed by atoms with van der Waals surface area (Å²) in [5.74, 6) is 2.14. The second-order valence-corrected chi connectivity index (χ2v) is 8.26. The van der Waals surface area contributed by atoms with Crippen molar-refractivity contribution in [2.24, 2.45) is 0 Å². The van der Waals surface area contributed by atoms with Gasteiger partial charge in [-0.1, -0.05) is 36.4 Å². The smallest absolute Gasteiger partial charge is 0.400 e. The number of hydrogen-bond donors (Lipinski definition) is 0. The Balaban J connectivity index is 2.11. The molecule has 1 aliphatic rings. The topological polar surface area (TPSA) is 18.5 Å². The molecule has 0 spiro atoms. The first-order chi connectivity index (χ1) is 11.3. The van der Waals surface area contributed by atoms with Crippen molar-refractivity contribution < 1.29 is 9.31 Å². The number of thiophene rings is 1. The molecule has 4 heteroatoms. The lowest BCUT2D eigenvalue weighted by Crippen LogP contribution is -2.41. The second kappa shape index (κ2) is 6.51. The zero-order valence-corrected chi connectivity index (χ0v) is 15.9. The van der Waals surface area contributed by atoms with E-state index in [1.165, 1.54) is 19.8 Å². The molecule has 1 aliphatic heterocycles. The van der Waals surface area contributed by atoms with Crippen LogP contribution in [-0.2, 0) is 9.31 Å². The molecule has 3 rings (SSSR count). The molecule has 0 unspecified atom stereocenters. The molecule has 1 aromatic heterocycles. The van der Waals surface area contributed by atoms with Crippen molar-refractivity contribution in [2.75, 3.05) is 0 Å². The molecule has 2 heterocycles. The number of allylic oxidation sites excluding steroid dienone is 2. The number of fused-ring (bicyclic) bond motifs is 1. The quantitative estimate of drug-likeness (QED) is 0.620. The molecule has 0 aliphatic carbocycles. The summed E-state index contributed by atoms with van der Waals surface area (Å²) < 4.78 is 14.9. The van der Waals surface area contributed by atoms with Crippen LogP contribution in [0.2, 0.25) is 0 Å². The van der Waals surface area contributed by atoms with Crippen molar-refractivity contribution >= 4 is 40.6 Å². The average molecular weight is 340 g/mol. The van der Waals surface area contributed by atoms with Crippen LogP contribution in [0, 0.1) is 0 Å². The predicted molar refractivity (Wildman–Crippen MR) is 106 cm³/mol. The van der Waals surface area contributed by atoms with Crippen LogP contribution in [0.4, 0.5) is 0 Å². The summed E-state index contributed by atoms with van der Waals surface area (Å²) in [6, 6.07) is 8.53. The first kappa shape index (κ1) is 17.5. The summed E-state index contributed by atoms with van der Waals surface area (Å²) in [7, 11) is -0.318. The van der Waals surface area contributed by atoms with Gasteiger partial charge in [0.25, 0.3) is 0 Å². The monoisotopic (exact) mass is 340 g/mol. The Morgan fingerprint density at radius 1 is 1.08 bits per heavy atom. The van der Waals surface area contributed by atoms with E-state index in [9.17, 15) is 0 Å². The Morgan fingerprint density at radius 3 is 2.42 bits per heavy atom. The molecule has 126 valence electrons. The highest BCUT2D eigenvalue weighted by atomic mass is 32.1. The van der Waals surface area contributed by atoms with Gasteiger partial charge in [0.2, 0.25) is 0 Å². The Labute approximate surface area is 148 Å². The zero-order chi connectivity index (χ0) is 17.4. The summed E-state index contributed by atoms with van der Waals surface area (Å²) in [5, 5.41) is 2.49. The lowest BCUT2D eigenvalue weighted by atomic mass is 9.88. The summed E-state index contributed by atoms with van der Waals surface area (Å²) in [6.07, 6.45) is 7.47. The van der Waals surface area contributed by atoms with Gasteiger partial charge >= 0.3 is 7.12 Å². The Kier molecular flexibility index (Phi) is 4.74. The van der Waals surface area contributed by atoms with Crippen LogP contribution in [0.1, 0.15) is 41.0 Å². The summed E-state index contributed by atoms with van der Waals surface area (Å²) >= 11 is 1.83. The zero-order valence-electron chi connectivity index (χ0n) is 15.1. The van der Waals surface area contributed by atoms with Gasteiger partial charge in [-0.25, -0.2) is 0 Å². The lowest BCUT2D eigenvalue weighted by molar-refractivity contribution is 0.00578. The molecule has 0 radical (unpaired) electrons. The van der Waals surface area contributed by atoms with E-state index in [0.29, 0.717) is 0 Å². The summed E-state index contributed by atoms with van der Waals surface area (Å²) in [6.45, 7) is 10.4. The van der Waals surface area contributed by atoms with E-state index in [1.54, 1.807) is 0 Å². The molecule has 0 atom stereocenters. The van der Waals surface area contributed by atoms with E-state index >= 15 is 0 Å². The first-order valence-electron chi connectivity index (χ1n) is 8.50. The van der Waals surface area contributed by atoms with Crippen molar-refractivity contribution in [1.29, 1.82) is 0 Å². The molecule has 1 saturated heterocycles. The molecular weight excluding hydrogens is 315 g/mol. The first-order valence-corrected chi connectivity index (χ1v) is 9.32. The number of benzene rings is 1. The third-order valence-electron chi connectivity index (χ3n) is 4.91. The van der Waals surface area contributed by atoms with E-state index in [1.807, 2.05) is 11.3 Å². The highest BCUT2D eigenvalue weighted by molar-refractivity contribution is 7.17. The molecule has 24 heavy (non-hydrogen) atoms. The van der Waals surface area contributed by atoms with Crippen molar-refractivity contribution in [3.05, 3.63) is 46.2 Å². The van der Waals surface area contributed by atoms with Gasteiger partial charge in [0.1, 0.15) is 0 Å². The standard InChI is InChI=1S/C20H25BO2S/c1-6-7-8-12-18-16(15-11-9-10-13-17(15)24-18)14-21-22-19(2,3)20(4,5)23-21/h6-7,9-14H,8H2,1-5H3/b7-6-,16-14+,18-12+. The van der Waals surface area contributed by atoms with E-state index in [2.05, 4.69) is 83.1 Å². The third-order valence-corrected chi connectivity index (χ3v) is 6.09. The molecule has 0 N–H and O–H groups in total. The van der Waals surface area contributed by atoms with Gasteiger partial charge in [-0.05, 0) is 63.7 Å². The van der Waals surface area contributed by atoms with Gasteiger partial charge in [0.15, 0.2) is 0 Å². The molecule has 0 saturated carbocycles. The van der Waals surface area contributed by atoms with Crippen LogP contribution >= 0.6 is 11.3 Å².